The van der Waals surface area contributed by atoms with Gasteiger partial charge in [0, 0.05) is 6.54 Å². The van der Waals surface area contributed by atoms with Crippen molar-refractivity contribution in [3.63, 3.8) is 0 Å². The molecule has 0 unspecified atom stereocenters. The number of benzene rings is 1. The van der Waals surface area contributed by atoms with Gasteiger partial charge in [0.2, 0.25) is 0 Å². The van der Waals surface area contributed by atoms with Crippen molar-refractivity contribution in [1.29, 1.82) is 0 Å². The average Bonchev–Trinajstić information content (AvgIpc) is 2.28. The zero-order valence-electron chi connectivity index (χ0n) is 11.7. The zero-order chi connectivity index (χ0) is 13.7. The molecule has 0 heterocycles. The molecular formula is C14H21NO3. The van der Waals surface area contributed by atoms with Gasteiger partial charge in [0.05, 0.1) is 20.8 Å². The van der Waals surface area contributed by atoms with Gasteiger partial charge in [-0.25, -0.2) is 0 Å². The van der Waals surface area contributed by atoms with Crippen LogP contribution in [0.1, 0.15) is 16.7 Å². The highest BCUT2D eigenvalue weighted by atomic mass is 16.5. The van der Waals surface area contributed by atoms with E-state index >= 15 is 0 Å². The Kier molecular flexibility index (Phi) is 5.16. The fourth-order valence-corrected chi connectivity index (χ4v) is 2.11. The molecule has 0 radical (unpaired) electrons. The van der Waals surface area contributed by atoms with Crippen LogP contribution in [0, 0.1) is 13.8 Å². The average molecular weight is 251 g/mol. The molecule has 0 bridgehead atoms. The highest BCUT2D eigenvalue weighted by Crippen LogP contribution is 2.24. The Balaban J connectivity index is 2.76. The smallest absolute Gasteiger partial charge is 0.319 e. The van der Waals surface area contributed by atoms with Crippen molar-refractivity contribution in [3.05, 3.63) is 28.8 Å². The summed E-state index contributed by atoms with van der Waals surface area (Å²) in [5, 5.41) is 0. The van der Waals surface area contributed by atoms with Crippen LogP contribution >= 0.6 is 0 Å². The lowest BCUT2D eigenvalue weighted by Crippen LogP contribution is -2.26. The fourth-order valence-electron chi connectivity index (χ4n) is 2.11. The summed E-state index contributed by atoms with van der Waals surface area (Å²) in [6.45, 7) is 5.05. The normalized spacial score (nSPS) is 10.6. The van der Waals surface area contributed by atoms with Crippen LogP contribution in [0.3, 0.4) is 0 Å². The van der Waals surface area contributed by atoms with Crippen LogP contribution in [-0.4, -0.2) is 38.7 Å². The van der Waals surface area contributed by atoms with Gasteiger partial charge in [-0.1, -0.05) is 12.1 Å². The molecule has 0 atom stereocenters. The summed E-state index contributed by atoms with van der Waals surface area (Å²) < 4.78 is 9.97. The van der Waals surface area contributed by atoms with Crippen molar-refractivity contribution in [2.75, 3.05) is 27.8 Å². The molecule has 0 saturated heterocycles. The number of aryl methyl sites for hydroxylation is 2. The van der Waals surface area contributed by atoms with Crippen LogP contribution in [-0.2, 0) is 16.1 Å². The number of hydrogen-bond donors (Lipinski definition) is 0. The largest absolute Gasteiger partial charge is 0.496 e. The predicted molar refractivity (Wildman–Crippen MR) is 70.8 cm³/mol. The van der Waals surface area contributed by atoms with Gasteiger partial charge >= 0.3 is 5.97 Å². The second kappa shape index (κ2) is 6.40. The molecule has 0 saturated carbocycles. The molecule has 0 aliphatic rings. The predicted octanol–water partition coefficient (Wildman–Crippen LogP) is 1.92. The Hall–Kier alpha value is -1.55. The van der Waals surface area contributed by atoms with E-state index in [0.29, 0.717) is 13.1 Å². The Bertz CT molecular complexity index is 406. The lowest BCUT2D eigenvalue weighted by molar-refractivity contribution is -0.141. The van der Waals surface area contributed by atoms with Gasteiger partial charge in [-0.15, -0.1) is 0 Å². The van der Waals surface area contributed by atoms with E-state index in [-0.39, 0.29) is 5.97 Å². The SMILES string of the molecule is COC(=O)CN(C)Cc1cc(C)c(OC)c(C)c1. The summed E-state index contributed by atoms with van der Waals surface area (Å²) in [6, 6.07) is 4.17. The molecule has 4 heteroatoms. The summed E-state index contributed by atoms with van der Waals surface area (Å²) in [6.07, 6.45) is 0. The van der Waals surface area contributed by atoms with Gasteiger partial charge in [-0.05, 0) is 37.6 Å². The van der Waals surface area contributed by atoms with Crippen molar-refractivity contribution >= 4 is 5.97 Å². The van der Waals surface area contributed by atoms with Gasteiger partial charge in [0.1, 0.15) is 5.75 Å². The number of carbonyl (C=O) groups excluding carboxylic acids is 1. The fraction of sp³-hybridized carbons (Fsp3) is 0.500. The topological polar surface area (TPSA) is 38.8 Å². The summed E-state index contributed by atoms with van der Waals surface area (Å²) in [5.74, 6) is 0.703. The maximum Gasteiger partial charge on any atom is 0.319 e. The minimum Gasteiger partial charge on any atom is -0.496 e. The van der Waals surface area contributed by atoms with E-state index < -0.39 is 0 Å². The first-order valence-electron chi connectivity index (χ1n) is 5.87. The van der Waals surface area contributed by atoms with Crippen molar-refractivity contribution in [1.82, 2.24) is 4.90 Å². The van der Waals surface area contributed by atoms with E-state index in [2.05, 4.69) is 16.9 Å². The van der Waals surface area contributed by atoms with Crippen LogP contribution in [0.15, 0.2) is 12.1 Å². The Morgan fingerprint density at radius 3 is 2.22 bits per heavy atom. The maximum absolute atomic E-state index is 11.2. The molecule has 0 aliphatic heterocycles. The van der Waals surface area contributed by atoms with E-state index in [4.69, 9.17) is 4.74 Å². The second-order valence-electron chi connectivity index (χ2n) is 4.51. The first-order valence-corrected chi connectivity index (χ1v) is 5.87. The van der Waals surface area contributed by atoms with Gasteiger partial charge in [0.25, 0.3) is 0 Å². The first kappa shape index (κ1) is 14.5. The number of rotatable bonds is 5. The molecule has 1 aromatic rings. The number of esters is 1. The number of methoxy groups -OCH3 is 2. The number of hydrogen-bond acceptors (Lipinski definition) is 4. The van der Waals surface area contributed by atoms with Crippen molar-refractivity contribution in [3.8, 4) is 5.75 Å². The summed E-state index contributed by atoms with van der Waals surface area (Å²) >= 11 is 0. The third-order valence-corrected chi connectivity index (χ3v) is 2.80. The van der Waals surface area contributed by atoms with E-state index in [0.717, 1.165) is 22.4 Å². The Morgan fingerprint density at radius 1 is 1.22 bits per heavy atom. The van der Waals surface area contributed by atoms with E-state index in [1.54, 1.807) is 7.11 Å². The van der Waals surface area contributed by atoms with Crippen molar-refractivity contribution in [2.45, 2.75) is 20.4 Å². The molecular weight excluding hydrogens is 230 g/mol. The quantitative estimate of drug-likeness (QED) is 0.749. The molecule has 1 aromatic carbocycles. The number of likely N-dealkylation sites (N-methyl/N-ethyl adjacent to an activating group) is 1. The second-order valence-corrected chi connectivity index (χ2v) is 4.51. The van der Waals surface area contributed by atoms with Gasteiger partial charge in [-0.2, -0.15) is 0 Å². The van der Waals surface area contributed by atoms with Crippen LogP contribution in [0.2, 0.25) is 0 Å². The number of nitrogens with zero attached hydrogens (tertiary/aromatic N) is 1. The van der Waals surface area contributed by atoms with Gasteiger partial charge < -0.3 is 9.47 Å². The Labute approximate surface area is 108 Å². The monoisotopic (exact) mass is 251 g/mol. The highest BCUT2D eigenvalue weighted by molar-refractivity contribution is 5.71. The summed E-state index contributed by atoms with van der Waals surface area (Å²) in [5.41, 5.74) is 3.38. The van der Waals surface area contributed by atoms with Crippen molar-refractivity contribution < 1.29 is 14.3 Å². The van der Waals surface area contributed by atoms with Crippen LogP contribution in [0.4, 0.5) is 0 Å². The summed E-state index contributed by atoms with van der Waals surface area (Å²) in [7, 11) is 4.97. The molecule has 0 aromatic heterocycles. The molecule has 100 valence electrons. The van der Waals surface area contributed by atoms with Gasteiger partial charge in [0.15, 0.2) is 0 Å². The highest BCUT2D eigenvalue weighted by Gasteiger charge is 2.09. The molecule has 4 nitrogen and oxygen atoms in total. The van der Waals surface area contributed by atoms with Crippen LogP contribution in [0.5, 0.6) is 5.75 Å². The standard InChI is InChI=1S/C14H21NO3/c1-10-6-12(7-11(2)14(10)18-5)8-15(3)9-13(16)17-4/h6-7H,8-9H2,1-5H3. The van der Waals surface area contributed by atoms with E-state index in [9.17, 15) is 4.79 Å². The van der Waals surface area contributed by atoms with Crippen molar-refractivity contribution in [2.24, 2.45) is 0 Å². The van der Waals surface area contributed by atoms with E-state index in [1.165, 1.54) is 7.11 Å². The molecule has 0 N–H and O–H groups in total. The van der Waals surface area contributed by atoms with Crippen LogP contribution < -0.4 is 4.74 Å². The lowest BCUT2D eigenvalue weighted by atomic mass is 10.1. The molecule has 0 amide bonds. The molecule has 0 spiro atoms. The molecule has 0 fully saturated rings. The minimum atomic E-state index is -0.223. The van der Waals surface area contributed by atoms with Crippen LogP contribution in [0.25, 0.3) is 0 Å². The molecule has 18 heavy (non-hydrogen) atoms. The minimum absolute atomic E-state index is 0.223. The third-order valence-electron chi connectivity index (χ3n) is 2.80. The third kappa shape index (κ3) is 3.74. The zero-order valence-corrected chi connectivity index (χ0v) is 11.7. The number of ether oxygens (including phenoxy) is 2. The number of carbonyl (C=O) groups is 1. The summed E-state index contributed by atoms with van der Waals surface area (Å²) in [4.78, 5) is 13.1. The molecule has 1 rings (SSSR count). The Morgan fingerprint density at radius 2 is 1.78 bits per heavy atom. The maximum atomic E-state index is 11.2. The first-order chi connectivity index (χ1) is 8.47. The van der Waals surface area contributed by atoms with Gasteiger partial charge in [-0.3, -0.25) is 9.69 Å². The lowest BCUT2D eigenvalue weighted by Gasteiger charge is -2.17. The molecule has 0 aliphatic carbocycles. The van der Waals surface area contributed by atoms with E-state index in [1.807, 2.05) is 25.8 Å².